The number of rotatable bonds is 10. The molecule has 0 aliphatic rings. The van der Waals surface area contributed by atoms with Gasteiger partial charge >= 0.3 is 12.4 Å². The molecule has 0 fully saturated rings. The second kappa shape index (κ2) is 13.9. The number of amides is 2. The number of carbonyl (C=O) groups is 1. The SMILES string of the molecule is CCc1ccccc1-n1c(C)cs/c1=N\C(=O)NC(C)CCCc1ccc(-c2ncn(-c3ccc(OC(F)(F)F)cc3)n2)cc1. The zero-order valence-corrected chi connectivity index (χ0v) is 25.9. The number of nitrogens with zero attached hydrogens (tertiary/aromatic N) is 5. The van der Waals surface area contributed by atoms with E-state index in [0.717, 1.165) is 48.2 Å². The minimum Gasteiger partial charge on any atom is -0.406 e. The lowest BCUT2D eigenvalue weighted by Crippen LogP contribution is -2.32. The van der Waals surface area contributed by atoms with E-state index in [0.29, 0.717) is 16.3 Å². The Kier molecular flexibility index (Phi) is 9.82. The van der Waals surface area contributed by atoms with Gasteiger partial charge in [-0.25, -0.2) is 14.5 Å². The van der Waals surface area contributed by atoms with Gasteiger partial charge in [-0.05, 0) is 81.0 Å². The zero-order valence-electron chi connectivity index (χ0n) is 25.1. The molecule has 45 heavy (non-hydrogen) atoms. The lowest BCUT2D eigenvalue weighted by atomic mass is 10.0. The minimum atomic E-state index is -4.74. The van der Waals surface area contributed by atoms with Crippen LogP contribution in [0.2, 0.25) is 0 Å². The van der Waals surface area contributed by atoms with Gasteiger partial charge in [0.15, 0.2) is 10.6 Å². The van der Waals surface area contributed by atoms with E-state index < -0.39 is 6.36 Å². The van der Waals surface area contributed by atoms with E-state index in [1.807, 2.05) is 60.2 Å². The fraction of sp³-hybridized carbons (Fsp3) is 0.273. The fourth-order valence-corrected chi connectivity index (χ4v) is 5.81. The van der Waals surface area contributed by atoms with Crippen molar-refractivity contribution in [3.05, 3.63) is 106 Å². The maximum atomic E-state index is 12.8. The van der Waals surface area contributed by atoms with Gasteiger partial charge in [-0.15, -0.1) is 29.6 Å². The number of carbonyl (C=O) groups excluding carboxylic acids is 1. The van der Waals surface area contributed by atoms with E-state index in [9.17, 15) is 18.0 Å². The highest BCUT2D eigenvalue weighted by Gasteiger charge is 2.31. The predicted octanol–water partition coefficient (Wildman–Crippen LogP) is 7.58. The number of hydrogen-bond donors (Lipinski definition) is 1. The largest absolute Gasteiger partial charge is 0.573 e. The molecule has 2 aromatic heterocycles. The Morgan fingerprint density at radius 3 is 2.51 bits per heavy atom. The number of nitrogens with one attached hydrogen (secondary N) is 1. The second-order valence-electron chi connectivity index (χ2n) is 10.6. The summed E-state index contributed by atoms with van der Waals surface area (Å²) in [6, 6.07) is 21.1. The first-order chi connectivity index (χ1) is 21.6. The molecule has 0 bridgehead atoms. The molecule has 0 aliphatic carbocycles. The van der Waals surface area contributed by atoms with Crippen LogP contribution in [0, 0.1) is 6.92 Å². The molecule has 0 aliphatic heterocycles. The maximum absolute atomic E-state index is 12.8. The molecular weight excluding hydrogens is 601 g/mol. The number of urea groups is 1. The van der Waals surface area contributed by atoms with Gasteiger partial charge < -0.3 is 10.1 Å². The lowest BCUT2D eigenvalue weighted by molar-refractivity contribution is -0.274. The van der Waals surface area contributed by atoms with Crippen LogP contribution in [0.15, 0.2) is 89.5 Å². The van der Waals surface area contributed by atoms with Gasteiger partial charge in [-0.3, -0.25) is 4.57 Å². The van der Waals surface area contributed by atoms with E-state index in [4.69, 9.17) is 0 Å². The summed E-state index contributed by atoms with van der Waals surface area (Å²) in [7, 11) is 0. The summed E-state index contributed by atoms with van der Waals surface area (Å²) in [5, 5.41) is 9.46. The summed E-state index contributed by atoms with van der Waals surface area (Å²) in [6.45, 7) is 6.11. The van der Waals surface area contributed by atoms with Crippen molar-refractivity contribution in [1.29, 1.82) is 0 Å². The summed E-state index contributed by atoms with van der Waals surface area (Å²) in [4.78, 5) is 22.2. The summed E-state index contributed by atoms with van der Waals surface area (Å²) < 4.78 is 44.7. The molecule has 0 saturated heterocycles. The van der Waals surface area contributed by atoms with Crippen molar-refractivity contribution >= 4 is 17.4 Å². The van der Waals surface area contributed by atoms with Crippen molar-refractivity contribution < 1.29 is 22.7 Å². The van der Waals surface area contributed by atoms with Crippen molar-refractivity contribution in [2.24, 2.45) is 4.99 Å². The van der Waals surface area contributed by atoms with Gasteiger partial charge in [0, 0.05) is 22.7 Å². The highest BCUT2D eigenvalue weighted by atomic mass is 32.1. The highest BCUT2D eigenvalue weighted by Crippen LogP contribution is 2.24. The molecule has 2 heterocycles. The molecule has 0 radical (unpaired) electrons. The number of thiazole rings is 1. The zero-order chi connectivity index (χ0) is 32.0. The molecule has 8 nitrogen and oxygen atoms in total. The van der Waals surface area contributed by atoms with Gasteiger partial charge in [-0.2, -0.15) is 4.99 Å². The van der Waals surface area contributed by atoms with Crippen LogP contribution in [0.3, 0.4) is 0 Å². The Morgan fingerprint density at radius 1 is 1.07 bits per heavy atom. The third kappa shape index (κ3) is 8.27. The number of para-hydroxylation sites is 1. The number of alkyl halides is 3. The number of halogens is 3. The molecule has 1 unspecified atom stereocenters. The monoisotopic (exact) mass is 634 g/mol. The highest BCUT2D eigenvalue weighted by molar-refractivity contribution is 7.07. The quantitative estimate of drug-likeness (QED) is 0.172. The fourth-order valence-electron chi connectivity index (χ4n) is 4.95. The second-order valence-corrected chi connectivity index (χ2v) is 11.4. The third-order valence-corrected chi connectivity index (χ3v) is 8.14. The lowest BCUT2D eigenvalue weighted by Gasteiger charge is -2.13. The van der Waals surface area contributed by atoms with Crippen LogP contribution in [0.1, 0.15) is 43.5 Å². The van der Waals surface area contributed by atoms with Crippen molar-refractivity contribution in [2.75, 3.05) is 0 Å². The number of benzene rings is 3. The Labute approximate surface area is 262 Å². The summed E-state index contributed by atoms with van der Waals surface area (Å²) in [5.74, 6) is 0.196. The molecule has 5 rings (SSSR count). The van der Waals surface area contributed by atoms with E-state index in [1.165, 1.54) is 52.2 Å². The third-order valence-electron chi connectivity index (χ3n) is 7.20. The Bertz CT molecular complexity index is 1810. The molecule has 1 atom stereocenters. The summed E-state index contributed by atoms with van der Waals surface area (Å²) in [5.41, 5.74) is 5.79. The van der Waals surface area contributed by atoms with Crippen LogP contribution in [-0.4, -0.2) is 37.8 Å². The van der Waals surface area contributed by atoms with Crippen LogP contribution in [0.5, 0.6) is 5.75 Å². The Balaban J connectivity index is 1.13. The minimum absolute atomic E-state index is 0.0415. The van der Waals surface area contributed by atoms with Gasteiger partial charge in [0.05, 0.1) is 11.4 Å². The molecule has 5 aromatic rings. The van der Waals surface area contributed by atoms with E-state index in [2.05, 4.69) is 44.2 Å². The topological polar surface area (TPSA) is 86.3 Å². The Morgan fingerprint density at radius 2 is 1.80 bits per heavy atom. The van der Waals surface area contributed by atoms with Gasteiger partial charge in [0.1, 0.15) is 12.1 Å². The summed E-state index contributed by atoms with van der Waals surface area (Å²) in [6.07, 6.45) is 0.162. The smallest absolute Gasteiger partial charge is 0.406 e. The number of ether oxygens (including phenoxy) is 1. The molecule has 12 heteroatoms. The molecule has 0 spiro atoms. The van der Waals surface area contributed by atoms with Crippen molar-refractivity contribution in [2.45, 2.75) is 58.9 Å². The number of aryl methyl sites for hydroxylation is 3. The van der Waals surface area contributed by atoms with Crippen LogP contribution >= 0.6 is 11.3 Å². The van der Waals surface area contributed by atoms with Crippen molar-refractivity contribution in [1.82, 2.24) is 24.6 Å². The molecule has 2 amide bonds. The standard InChI is InChI=1S/C33H33F3N6O2S/c1-4-25-10-5-6-11-29(25)42-23(3)20-45-32(42)39-31(43)38-22(2)8-7-9-24-12-14-26(15-13-24)30-37-21-41(40-30)27-16-18-28(19-17-27)44-33(34,35)36/h5-6,10-22H,4,7-9H2,1-3H3,(H,38,43)/b39-32-. The first-order valence-corrected chi connectivity index (χ1v) is 15.5. The van der Waals surface area contributed by atoms with Crippen LogP contribution in [0.4, 0.5) is 18.0 Å². The molecular formula is C33H33F3N6O2S. The maximum Gasteiger partial charge on any atom is 0.573 e. The van der Waals surface area contributed by atoms with Crippen LogP contribution < -0.4 is 14.9 Å². The molecule has 3 aromatic carbocycles. The van der Waals surface area contributed by atoms with Gasteiger partial charge in [0.2, 0.25) is 0 Å². The van der Waals surface area contributed by atoms with Crippen LogP contribution in [-0.2, 0) is 12.8 Å². The average Bonchev–Trinajstić information content (AvgIpc) is 3.64. The average molecular weight is 635 g/mol. The molecule has 1 N–H and O–H groups in total. The number of hydrogen-bond acceptors (Lipinski definition) is 5. The van der Waals surface area contributed by atoms with Gasteiger partial charge in [0.25, 0.3) is 0 Å². The molecule has 0 saturated carbocycles. The van der Waals surface area contributed by atoms with E-state index in [1.54, 1.807) is 0 Å². The molecule has 234 valence electrons. The summed E-state index contributed by atoms with van der Waals surface area (Å²) >= 11 is 1.45. The van der Waals surface area contributed by atoms with Crippen molar-refractivity contribution in [3.63, 3.8) is 0 Å². The normalized spacial score (nSPS) is 12.7. The first kappa shape index (κ1) is 31.7. The van der Waals surface area contributed by atoms with Crippen LogP contribution in [0.25, 0.3) is 22.8 Å². The van der Waals surface area contributed by atoms with Crippen molar-refractivity contribution in [3.8, 4) is 28.5 Å². The van der Waals surface area contributed by atoms with E-state index >= 15 is 0 Å². The van der Waals surface area contributed by atoms with E-state index in [-0.39, 0.29) is 17.8 Å². The van der Waals surface area contributed by atoms with Gasteiger partial charge in [-0.1, -0.05) is 49.4 Å². The first-order valence-electron chi connectivity index (χ1n) is 14.6. The number of aromatic nitrogens is 4. The Hall–Kier alpha value is -4.71. The predicted molar refractivity (Wildman–Crippen MR) is 168 cm³/mol.